The summed E-state index contributed by atoms with van der Waals surface area (Å²) in [7, 11) is 0. The van der Waals surface area contributed by atoms with Crippen molar-refractivity contribution in [3.05, 3.63) is 110 Å². The number of esters is 1. The average molecular weight is 717 g/mol. The fourth-order valence-electron chi connectivity index (χ4n) is 17.4. The Morgan fingerprint density at radius 1 is 0.804 bits per heavy atom. The van der Waals surface area contributed by atoms with Crippen molar-refractivity contribution in [2.75, 3.05) is 6.61 Å². The number of allylic oxidation sites excluding steroid dienone is 2. The first-order valence-electron chi connectivity index (χ1n) is 21.9. The molecule has 9 aliphatic carbocycles. The normalized spacial score (nSPS) is 30.3. The Balaban J connectivity index is 1.06. The molecule has 2 heteroatoms. The fraction of sp³-hybridized carbons (Fsp3) is 0.315. The van der Waals surface area contributed by atoms with E-state index in [9.17, 15) is 4.79 Å². The second-order valence-electron chi connectivity index (χ2n) is 20.0. The monoisotopic (exact) mass is 716 g/mol. The Bertz CT molecular complexity index is 3710. The molecule has 2 saturated carbocycles. The van der Waals surface area contributed by atoms with Gasteiger partial charge in [-0.1, -0.05) is 68.0 Å². The van der Waals surface area contributed by atoms with Gasteiger partial charge in [0.05, 0.1) is 6.61 Å². The molecule has 0 bridgehead atoms. The summed E-state index contributed by atoms with van der Waals surface area (Å²) < 4.78 is 5.76. The van der Waals surface area contributed by atoms with Crippen LogP contribution in [0, 0.1) is 11.8 Å². The highest BCUT2D eigenvalue weighted by Crippen LogP contribution is 2.84. The molecule has 0 radical (unpaired) electrons. The molecule has 7 atom stereocenters. The lowest BCUT2D eigenvalue weighted by Gasteiger charge is -2.42. The van der Waals surface area contributed by atoms with Crippen LogP contribution in [-0.2, 0) is 33.2 Å². The molecule has 2 fully saturated rings. The lowest BCUT2D eigenvalue weighted by Crippen LogP contribution is -2.31. The number of fused-ring (bicyclic) bond motifs is 1. The van der Waals surface area contributed by atoms with Crippen molar-refractivity contribution < 1.29 is 9.53 Å². The van der Waals surface area contributed by atoms with Crippen LogP contribution < -0.4 is 10.4 Å². The zero-order chi connectivity index (χ0) is 35.6. The summed E-state index contributed by atoms with van der Waals surface area (Å²) in [6.07, 6.45) is 13.6. The molecule has 1 spiro atoms. The van der Waals surface area contributed by atoms with Gasteiger partial charge in [-0.3, -0.25) is 4.79 Å². The topological polar surface area (TPSA) is 26.3 Å². The first-order valence-corrected chi connectivity index (χ1v) is 21.9. The van der Waals surface area contributed by atoms with Crippen molar-refractivity contribution in [2.24, 2.45) is 11.8 Å². The smallest absolute Gasteiger partial charge is 0.305 e. The molecule has 264 valence electrons. The summed E-state index contributed by atoms with van der Waals surface area (Å²) in [6, 6.07) is 19.7. The second-order valence-corrected chi connectivity index (χ2v) is 20.0. The van der Waals surface area contributed by atoms with Gasteiger partial charge in [0, 0.05) is 35.0 Å². The maximum absolute atomic E-state index is 13.2. The van der Waals surface area contributed by atoms with Gasteiger partial charge in [-0.15, -0.1) is 0 Å². The van der Waals surface area contributed by atoms with Gasteiger partial charge in [0.2, 0.25) is 0 Å². The summed E-state index contributed by atoms with van der Waals surface area (Å²) in [5.41, 5.74) is 16.4. The van der Waals surface area contributed by atoms with Gasteiger partial charge >= 0.3 is 5.97 Å². The minimum absolute atomic E-state index is 0.0288. The molecule has 9 aromatic carbocycles. The van der Waals surface area contributed by atoms with E-state index in [0.29, 0.717) is 36.7 Å². The van der Waals surface area contributed by atoms with E-state index in [-0.39, 0.29) is 16.8 Å². The van der Waals surface area contributed by atoms with Crippen molar-refractivity contribution >= 4 is 98.6 Å². The van der Waals surface area contributed by atoms with Crippen molar-refractivity contribution in [2.45, 2.75) is 86.9 Å². The molecule has 5 unspecified atom stereocenters. The minimum atomic E-state index is -0.139. The number of benzene rings is 7. The van der Waals surface area contributed by atoms with Crippen LogP contribution in [0.3, 0.4) is 0 Å². The van der Waals surface area contributed by atoms with Crippen LogP contribution in [0.1, 0.15) is 108 Å². The van der Waals surface area contributed by atoms with Crippen LogP contribution in [0.15, 0.2) is 54.6 Å². The number of unbranched alkanes of at least 4 members (excludes halogenated alkanes) is 1. The molecule has 0 aromatic heterocycles. The Kier molecular flexibility index (Phi) is 3.85. The molecule has 0 saturated heterocycles. The van der Waals surface area contributed by atoms with Crippen molar-refractivity contribution in [1.29, 1.82) is 0 Å². The lowest BCUT2D eigenvalue weighted by molar-refractivity contribution is -0.143. The molecule has 0 amide bonds. The summed E-state index contributed by atoms with van der Waals surface area (Å²) in [4.78, 5) is 13.2. The number of hydrogen-bond acceptors (Lipinski definition) is 2. The van der Waals surface area contributed by atoms with Gasteiger partial charge in [0.25, 0.3) is 0 Å². The maximum Gasteiger partial charge on any atom is 0.305 e. The highest BCUT2D eigenvalue weighted by molar-refractivity contribution is 6.54. The Morgan fingerprint density at radius 3 is 2.57 bits per heavy atom. The molecule has 18 rings (SSSR count). The van der Waals surface area contributed by atoms with E-state index < -0.39 is 0 Å². The molecule has 0 N–H and O–H groups in total. The highest BCUT2D eigenvalue weighted by Gasteiger charge is 2.79. The van der Waals surface area contributed by atoms with Crippen molar-refractivity contribution in [3.63, 3.8) is 0 Å². The van der Waals surface area contributed by atoms with Gasteiger partial charge in [0.1, 0.15) is 0 Å². The number of hydrogen-bond donors (Lipinski definition) is 0. The Morgan fingerprint density at radius 2 is 1.66 bits per heavy atom. The van der Waals surface area contributed by atoms with Gasteiger partial charge in [-0.2, -0.15) is 0 Å². The van der Waals surface area contributed by atoms with Crippen LogP contribution in [0.25, 0.3) is 92.6 Å². The molecule has 2 nitrogen and oxygen atoms in total. The van der Waals surface area contributed by atoms with E-state index in [0.717, 1.165) is 38.0 Å². The quantitative estimate of drug-likeness (QED) is 0.0889. The largest absolute Gasteiger partial charge is 0.466 e. The van der Waals surface area contributed by atoms with E-state index in [1.165, 1.54) is 29.0 Å². The highest BCUT2D eigenvalue weighted by atomic mass is 16.5. The van der Waals surface area contributed by atoms with Crippen LogP contribution in [-0.4, -0.2) is 12.6 Å². The lowest BCUT2D eigenvalue weighted by atomic mass is 9.61. The van der Waals surface area contributed by atoms with E-state index in [2.05, 4.69) is 67.6 Å². The summed E-state index contributed by atoms with van der Waals surface area (Å²) in [6.45, 7) is 2.70. The van der Waals surface area contributed by atoms with Crippen LogP contribution in [0.2, 0.25) is 0 Å². The summed E-state index contributed by atoms with van der Waals surface area (Å²) in [5.74, 6) is 2.83. The van der Waals surface area contributed by atoms with E-state index in [1.54, 1.807) is 120 Å². The molecular formula is C54H36O2. The third-order valence-electron chi connectivity index (χ3n) is 18.4. The van der Waals surface area contributed by atoms with E-state index >= 15 is 0 Å². The number of carbonyl (C=O) groups is 1. The third kappa shape index (κ3) is 2.24. The summed E-state index contributed by atoms with van der Waals surface area (Å²) >= 11 is 0. The standard InChI is InChI=1S/C54H36O2/c1-2-3-12-56-30(55)10-7-11-53(28-8-5-4-6-9-28)52-29-19-26-17-23-15-24-14-21-13-22-16-25-18-27-20-54(52,53)51-37(27)42-36(25)41-32(22)31(21)39-35(24)40-33(23)34(26)43-38(29)50(51)49-47(42)45(41)44(39)46(40)48(43)49/h4-6,8-9,15-16,18-21,24,31,35,52H,2-3,7,10-14,17H2,1H3/t21-,24-,31?,35?,52?,53?,54?/m1/s1. The SMILES string of the molecule is CCCCOC(=O)CCCC1(c2ccccc2)C2c3cc4c5c6c7c8c9c%10c%11c%12c(cc%13cc%14c%15c(c%16c3c5c8c%16c%10c%15c%13%11)C21C=%14)C[C@@H]1C[C@H](C=C6C4)C7C=9C%121. The molecule has 9 aliphatic rings. The maximum atomic E-state index is 13.2. The second kappa shape index (κ2) is 7.86. The molecule has 0 aliphatic heterocycles. The van der Waals surface area contributed by atoms with Gasteiger partial charge in [-0.25, -0.2) is 0 Å². The zero-order valence-corrected chi connectivity index (χ0v) is 31.3. The Labute approximate surface area is 321 Å². The molecular weight excluding hydrogens is 681 g/mol. The van der Waals surface area contributed by atoms with Gasteiger partial charge in [-0.05, 0) is 198 Å². The predicted molar refractivity (Wildman–Crippen MR) is 226 cm³/mol. The number of rotatable bonds is 8. The van der Waals surface area contributed by atoms with Gasteiger partial charge < -0.3 is 4.74 Å². The number of carbonyl (C=O) groups excluding carboxylic acids is 1. The van der Waals surface area contributed by atoms with Gasteiger partial charge in [0.15, 0.2) is 0 Å². The van der Waals surface area contributed by atoms with Crippen molar-refractivity contribution in [1.82, 2.24) is 0 Å². The Hall–Kier alpha value is -5.21. The van der Waals surface area contributed by atoms with Crippen molar-refractivity contribution in [3.8, 4) is 0 Å². The first-order chi connectivity index (χ1) is 27.7. The zero-order valence-electron chi connectivity index (χ0n) is 31.3. The van der Waals surface area contributed by atoms with E-state index in [4.69, 9.17) is 4.74 Å². The first kappa shape index (κ1) is 27.4. The third-order valence-corrected chi connectivity index (χ3v) is 18.4. The molecule has 0 heterocycles. The fourth-order valence-corrected chi connectivity index (χ4v) is 17.4. The average Bonchev–Trinajstić information content (AvgIpc) is 3.89. The van der Waals surface area contributed by atoms with E-state index in [1.807, 2.05) is 5.57 Å². The number of ether oxygens (including phenoxy) is 1. The summed E-state index contributed by atoms with van der Waals surface area (Å²) in [5, 5.41) is 26.0. The minimum Gasteiger partial charge on any atom is -0.466 e. The van der Waals surface area contributed by atoms with Crippen LogP contribution >= 0.6 is 0 Å². The molecule has 9 aromatic rings. The molecule has 56 heavy (non-hydrogen) atoms. The van der Waals surface area contributed by atoms with Crippen LogP contribution in [0.5, 0.6) is 0 Å². The van der Waals surface area contributed by atoms with Crippen LogP contribution in [0.4, 0.5) is 0 Å². The predicted octanol–water partition coefficient (Wildman–Crippen LogP) is 10.6.